The molecule has 100 valence electrons. The van der Waals surface area contributed by atoms with E-state index in [1.807, 2.05) is 0 Å². The van der Waals surface area contributed by atoms with Gasteiger partial charge in [0, 0.05) is 0 Å². The van der Waals surface area contributed by atoms with Gasteiger partial charge in [0.25, 0.3) is 0 Å². The molecule has 2 atom stereocenters. The smallest absolute Gasteiger partial charge is 0.811 e. The summed E-state index contributed by atoms with van der Waals surface area (Å²) >= 11 is 0. The summed E-state index contributed by atoms with van der Waals surface area (Å²) in [5.74, 6) is 0. The summed E-state index contributed by atoms with van der Waals surface area (Å²) in [6.45, 7) is 6.18. The van der Waals surface area contributed by atoms with Gasteiger partial charge in [-0.25, -0.2) is 0 Å². The molecule has 0 bridgehead atoms. The fraction of sp³-hybridized carbons (Fsp3) is 1.00. The second kappa shape index (κ2) is 10.0. The molecule has 0 aliphatic rings. The zero-order valence-corrected chi connectivity index (χ0v) is 14.7. The standard InChI is InChI=1S/2C4H11O3P.Zr/c2*1-3-4(2)8(5,6)7;/h2*4H,3H2,1-2H3,(H2,5,6,7);/q;;+4/p-4. The van der Waals surface area contributed by atoms with Crippen LogP contribution < -0.4 is 19.6 Å². The molecule has 0 heterocycles. The van der Waals surface area contributed by atoms with E-state index >= 15 is 0 Å². The Hall–Kier alpha value is 1.18. The van der Waals surface area contributed by atoms with Crippen molar-refractivity contribution in [2.24, 2.45) is 0 Å². The average molecular weight is 363 g/mol. The number of hydrogen-bond donors (Lipinski definition) is 0. The third kappa shape index (κ3) is 13.4. The summed E-state index contributed by atoms with van der Waals surface area (Å²) in [4.78, 5) is 40.1. The van der Waals surface area contributed by atoms with Crippen LogP contribution in [0.2, 0.25) is 0 Å². The first-order chi connectivity index (χ1) is 6.96. The van der Waals surface area contributed by atoms with Gasteiger partial charge >= 0.3 is 26.2 Å². The monoisotopic (exact) mass is 362 g/mol. The van der Waals surface area contributed by atoms with Gasteiger partial charge in [-0.05, 0) is 24.2 Å². The molecule has 0 saturated heterocycles. The Kier molecular flexibility index (Phi) is 13.7. The first-order valence-corrected chi connectivity index (χ1v) is 8.22. The maximum absolute atomic E-state index is 10.0. The van der Waals surface area contributed by atoms with Crippen LogP contribution in [0.25, 0.3) is 0 Å². The number of hydrogen-bond acceptors (Lipinski definition) is 6. The van der Waals surface area contributed by atoms with Crippen molar-refractivity contribution in [2.75, 3.05) is 0 Å². The summed E-state index contributed by atoms with van der Waals surface area (Å²) in [7, 11) is -8.51. The predicted molar refractivity (Wildman–Crippen MR) is 54.7 cm³/mol. The molecule has 0 spiro atoms. The van der Waals surface area contributed by atoms with E-state index in [1.54, 1.807) is 13.8 Å². The normalized spacial score (nSPS) is 15.1. The van der Waals surface area contributed by atoms with Crippen molar-refractivity contribution in [1.29, 1.82) is 0 Å². The Morgan fingerprint density at radius 1 is 0.824 bits per heavy atom. The van der Waals surface area contributed by atoms with Gasteiger partial charge in [-0.1, -0.05) is 42.9 Å². The minimum Gasteiger partial charge on any atom is -0.811 e. The van der Waals surface area contributed by atoms with E-state index in [1.165, 1.54) is 13.8 Å². The van der Waals surface area contributed by atoms with E-state index in [-0.39, 0.29) is 26.2 Å². The molecule has 0 aliphatic heterocycles. The van der Waals surface area contributed by atoms with Gasteiger partial charge < -0.3 is 28.7 Å². The minimum absolute atomic E-state index is 0. The molecule has 0 saturated carbocycles. The maximum Gasteiger partial charge on any atom is 4.00 e. The Bertz CT molecular complexity index is 245. The second-order valence-electron chi connectivity index (χ2n) is 3.59. The van der Waals surface area contributed by atoms with Gasteiger partial charge in [0.1, 0.15) is 0 Å². The van der Waals surface area contributed by atoms with Crippen LogP contribution in [0.5, 0.6) is 0 Å². The van der Waals surface area contributed by atoms with Crippen molar-refractivity contribution in [3.05, 3.63) is 0 Å². The van der Waals surface area contributed by atoms with E-state index in [2.05, 4.69) is 0 Å². The molecular formula is C8H18O6P2Zr. The molecule has 0 aromatic rings. The molecule has 0 fully saturated rings. The first kappa shape index (κ1) is 23.3. The predicted octanol–water partition coefficient (Wildman–Crippen LogP) is -0.605. The van der Waals surface area contributed by atoms with E-state index in [0.29, 0.717) is 12.8 Å². The van der Waals surface area contributed by atoms with Crippen LogP contribution in [0.4, 0.5) is 0 Å². The van der Waals surface area contributed by atoms with Crippen LogP contribution in [-0.4, -0.2) is 11.3 Å². The first-order valence-electron chi connectivity index (χ1n) is 5.00. The van der Waals surface area contributed by atoms with Gasteiger partial charge in [0.05, 0.1) is 0 Å². The Balaban J connectivity index is -0.000000218. The molecule has 9 heteroatoms. The second-order valence-corrected chi connectivity index (χ2v) is 7.52. The van der Waals surface area contributed by atoms with Gasteiger partial charge in [-0.3, -0.25) is 0 Å². The molecule has 0 aromatic carbocycles. The van der Waals surface area contributed by atoms with Gasteiger partial charge in [0.15, 0.2) is 0 Å². The molecule has 0 N–H and O–H groups in total. The van der Waals surface area contributed by atoms with Crippen LogP contribution >= 0.6 is 15.2 Å². The average Bonchev–Trinajstić information content (AvgIpc) is 2.13. The fourth-order valence-corrected chi connectivity index (χ4v) is 1.34. The largest absolute Gasteiger partial charge is 4.00 e. The van der Waals surface area contributed by atoms with E-state index in [9.17, 15) is 28.7 Å². The van der Waals surface area contributed by atoms with Crippen molar-refractivity contribution in [2.45, 2.75) is 51.9 Å². The summed E-state index contributed by atoms with van der Waals surface area (Å²) in [5.41, 5.74) is -1.41. The molecule has 2 unspecified atom stereocenters. The van der Waals surface area contributed by atoms with Crippen molar-refractivity contribution in [3.63, 3.8) is 0 Å². The van der Waals surface area contributed by atoms with Crippen LogP contribution in [0.3, 0.4) is 0 Å². The number of rotatable bonds is 4. The minimum atomic E-state index is -4.26. The summed E-state index contributed by atoms with van der Waals surface area (Å²) < 4.78 is 20.1. The SMILES string of the molecule is CCC(C)P(=O)([O-])[O-].CCC(C)P(=O)([O-])[O-].[Zr+4]. The van der Waals surface area contributed by atoms with Crippen LogP contribution in [0, 0.1) is 0 Å². The molecule has 0 rings (SSSR count). The fourth-order valence-electron chi connectivity index (χ4n) is 0.447. The van der Waals surface area contributed by atoms with Crippen LogP contribution in [-0.2, 0) is 35.3 Å². The zero-order valence-electron chi connectivity index (χ0n) is 10.4. The molecule has 17 heavy (non-hydrogen) atoms. The zero-order chi connectivity index (χ0) is 13.6. The van der Waals surface area contributed by atoms with E-state index in [0.717, 1.165) is 0 Å². The topological polar surface area (TPSA) is 126 Å². The Morgan fingerprint density at radius 3 is 1.00 bits per heavy atom. The van der Waals surface area contributed by atoms with Crippen molar-refractivity contribution < 1.29 is 54.9 Å². The third-order valence-corrected chi connectivity index (χ3v) is 5.15. The molecule has 0 aromatic heterocycles. The molecule has 6 nitrogen and oxygen atoms in total. The molecule has 0 radical (unpaired) electrons. The van der Waals surface area contributed by atoms with E-state index < -0.39 is 26.5 Å². The van der Waals surface area contributed by atoms with Gasteiger partial charge in [-0.15, -0.1) is 0 Å². The van der Waals surface area contributed by atoms with E-state index in [4.69, 9.17) is 0 Å². The summed E-state index contributed by atoms with van der Waals surface area (Å²) in [6.07, 6.45) is 0.814. The Labute approximate surface area is 122 Å². The van der Waals surface area contributed by atoms with Gasteiger partial charge in [-0.2, -0.15) is 0 Å². The summed E-state index contributed by atoms with van der Waals surface area (Å²) in [6, 6.07) is 0. The molecule has 0 amide bonds. The van der Waals surface area contributed by atoms with Crippen LogP contribution in [0.1, 0.15) is 40.5 Å². The van der Waals surface area contributed by atoms with Crippen molar-refractivity contribution >= 4 is 15.2 Å². The summed E-state index contributed by atoms with van der Waals surface area (Å²) in [5, 5.41) is 0. The molecule has 0 aliphatic carbocycles. The van der Waals surface area contributed by atoms with Crippen molar-refractivity contribution in [1.82, 2.24) is 0 Å². The Morgan fingerprint density at radius 2 is 1.00 bits per heavy atom. The quantitative estimate of drug-likeness (QED) is 0.614. The van der Waals surface area contributed by atoms with Gasteiger partial charge in [0.2, 0.25) is 0 Å². The third-order valence-electron chi connectivity index (χ3n) is 2.26. The maximum atomic E-state index is 10.0. The van der Waals surface area contributed by atoms with Crippen LogP contribution in [0.15, 0.2) is 0 Å². The van der Waals surface area contributed by atoms with Crippen molar-refractivity contribution in [3.8, 4) is 0 Å². The molecular weight excluding hydrogens is 345 g/mol.